The molecule has 0 saturated carbocycles. The molecule has 0 aromatic heterocycles. The van der Waals surface area contributed by atoms with Crippen LogP contribution in [0.1, 0.15) is 0 Å². The number of nitrogens with zero attached hydrogens (tertiary/aromatic N) is 4. The molecular formula is C16H14ClFN6. The number of nitrogens with one attached hydrogen (secondary N) is 1. The van der Waals surface area contributed by atoms with Crippen molar-refractivity contribution in [3.63, 3.8) is 0 Å². The second kappa shape index (κ2) is 5.45. The molecule has 8 heteroatoms. The van der Waals surface area contributed by atoms with Crippen LogP contribution in [0.3, 0.4) is 0 Å². The Balaban J connectivity index is 2.05. The van der Waals surface area contributed by atoms with Gasteiger partial charge in [0.15, 0.2) is 0 Å². The topological polar surface area (TPSA) is 81.1 Å². The van der Waals surface area contributed by atoms with E-state index in [1.165, 1.54) is 6.07 Å². The molecule has 1 aromatic carbocycles. The van der Waals surface area contributed by atoms with Gasteiger partial charge in [-0.2, -0.15) is 4.98 Å². The molecule has 0 spiro atoms. The first-order valence-corrected chi connectivity index (χ1v) is 7.78. The molecule has 3 aliphatic rings. The number of halogens is 2. The average Bonchev–Trinajstić information content (AvgIpc) is 3.07. The smallest absolute Gasteiger partial charge is 0.246 e. The van der Waals surface area contributed by atoms with Gasteiger partial charge in [0.05, 0.1) is 10.7 Å². The quantitative estimate of drug-likeness (QED) is 0.664. The van der Waals surface area contributed by atoms with Gasteiger partial charge in [0.2, 0.25) is 5.62 Å². The maximum absolute atomic E-state index is 13.6. The molecule has 0 bridgehead atoms. The number of fused-ring (bicyclic) bond motifs is 3. The van der Waals surface area contributed by atoms with Crippen molar-refractivity contribution in [2.45, 2.75) is 6.54 Å². The molecule has 0 aliphatic carbocycles. The van der Waals surface area contributed by atoms with Gasteiger partial charge in [0.25, 0.3) is 0 Å². The highest BCUT2D eigenvalue weighted by molar-refractivity contribution is 6.33. The van der Waals surface area contributed by atoms with Crippen LogP contribution in [0, 0.1) is 5.82 Å². The van der Waals surface area contributed by atoms with E-state index in [9.17, 15) is 4.39 Å². The van der Waals surface area contributed by atoms with Crippen LogP contribution in [0.5, 0.6) is 0 Å². The summed E-state index contributed by atoms with van der Waals surface area (Å²) in [6, 6.07) is 4.71. The Kier molecular flexibility index (Phi) is 3.38. The summed E-state index contributed by atoms with van der Waals surface area (Å²) in [6.45, 7) is 1.52. The molecule has 0 fully saturated rings. The number of nitrogen functional groups attached to an aromatic ring is 1. The zero-order valence-electron chi connectivity index (χ0n) is 12.8. The number of benzene rings is 1. The fourth-order valence-electron chi connectivity index (χ4n) is 2.95. The largest absolute Gasteiger partial charge is 0.396 e. The van der Waals surface area contributed by atoms with Gasteiger partial charge in [-0.25, -0.2) is 9.37 Å². The highest BCUT2D eigenvalue weighted by Crippen LogP contribution is 2.40. The Bertz CT molecular complexity index is 997. The van der Waals surface area contributed by atoms with Crippen molar-refractivity contribution < 1.29 is 4.39 Å². The molecule has 0 radical (unpaired) electrons. The van der Waals surface area contributed by atoms with E-state index >= 15 is 0 Å². The van der Waals surface area contributed by atoms with Crippen LogP contribution in [0.4, 0.5) is 15.9 Å². The van der Waals surface area contributed by atoms with Crippen LogP contribution in [0.15, 0.2) is 29.4 Å². The number of anilines is 2. The fourth-order valence-corrected chi connectivity index (χ4v) is 3.20. The molecule has 0 saturated heterocycles. The van der Waals surface area contributed by atoms with Crippen LogP contribution in [-0.4, -0.2) is 28.1 Å². The maximum atomic E-state index is 13.6. The van der Waals surface area contributed by atoms with E-state index in [0.29, 0.717) is 16.2 Å². The van der Waals surface area contributed by atoms with Crippen molar-refractivity contribution in [1.29, 1.82) is 0 Å². The van der Waals surface area contributed by atoms with Crippen molar-refractivity contribution in [3.05, 3.63) is 40.9 Å². The van der Waals surface area contributed by atoms with Crippen LogP contribution >= 0.6 is 11.6 Å². The summed E-state index contributed by atoms with van der Waals surface area (Å²) in [5, 5.41) is 3.64. The van der Waals surface area contributed by atoms with Gasteiger partial charge in [0, 0.05) is 43.0 Å². The maximum Gasteiger partial charge on any atom is 0.246 e. The van der Waals surface area contributed by atoms with Crippen LogP contribution in [-0.2, 0) is 6.54 Å². The third kappa shape index (κ3) is 2.20. The van der Waals surface area contributed by atoms with Gasteiger partial charge in [-0.15, -0.1) is 0 Å². The average molecular weight is 345 g/mol. The van der Waals surface area contributed by atoms with Crippen LogP contribution < -0.4 is 16.7 Å². The van der Waals surface area contributed by atoms with Gasteiger partial charge < -0.3 is 15.6 Å². The molecule has 3 N–H and O–H groups in total. The van der Waals surface area contributed by atoms with E-state index < -0.39 is 5.82 Å². The second-order valence-corrected chi connectivity index (χ2v) is 5.92. The van der Waals surface area contributed by atoms with Gasteiger partial charge in [-0.05, 0) is 18.2 Å². The van der Waals surface area contributed by atoms with Gasteiger partial charge in [-0.3, -0.25) is 4.99 Å². The lowest BCUT2D eigenvalue weighted by Crippen LogP contribution is -2.17. The molecule has 6 nitrogen and oxygen atoms in total. The summed E-state index contributed by atoms with van der Waals surface area (Å²) in [7, 11) is 1.65. The Hall–Kier alpha value is -2.67. The Morgan fingerprint density at radius 1 is 1.33 bits per heavy atom. The van der Waals surface area contributed by atoms with Crippen molar-refractivity contribution >= 4 is 23.1 Å². The SMILES string of the molecule is CN=c1ncc2cc(-c3cc(N)c(F)cc3Cl)c3n(c-2n1)CCN3. The van der Waals surface area contributed by atoms with Gasteiger partial charge >= 0.3 is 0 Å². The standard InChI is InChI=1S/C16H14ClFN6/c1-20-16-22-7-8-4-10(9-5-13(19)12(18)6-11(9)17)15-21-2-3-24(15)14(8)23-16/h4-7,21H,2-3,19H2,1H3. The first-order valence-electron chi connectivity index (χ1n) is 7.40. The monoisotopic (exact) mass is 344 g/mol. The summed E-state index contributed by atoms with van der Waals surface area (Å²) in [4.78, 5) is 12.7. The summed E-state index contributed by atoms with van der Waals surface area (Å²) in [6.07, 6.45) is 1.72. The van der Waals surface area contributed by atoms with E-state index in [-0.39, 0.29) is 5.69 Å². The van der Waals surface area contributed by atoms with Crippen LogP contribution in [0.2, 0.25) is 5.02 Å². The molecule has 4 rings (SSSR count). The zero-order chi connectivity index (χ0) is 16.8. The van der Waals surface area contributed by atoms with Crippen molar-refractivity contribution in [2.75, 3.05) is 24.6 Å². The molecule has 3 heterocycles. The third-order valence-corrected chi connectivity index (χ3v) is 4.38. The van der Waals surface area contributed by atoms with E-state index in [1.807, 2.05) is 6.07 Å². The van der Waals surface area contributed by atoms with Gasteiger partial charge in [0.1, 0.15) is 17.5 Å². The molecule has 0 atom stereocenters. The minimum Gasteiger partial charge on any atom is -0.396 e. The number of aromatic nitrogens is 3. The van der Waals surface area contributed by atoms with Crippen molar-refractivity contribution in [1.82, 2.24) is 14.5 Å². The number of hydrogen-bond donors (Lipinski definition) is 2. The van der Waals surface area contributed by atoms with E-state index in [1.54, 1.807) is 19.3 Å². The molecule has 122 valence electrons. The summed E-state index contributed by atoms with van der Waals surface area (Å²) >= 11 is 6.26. The van der Waals surface area contributed by atoms with E-state index in [0.717, 1.165) is 35.9 Å². The lowest BCUT2D eigenvalue weighted by molar-refractivity contribution is 0.633. The molecule has 0 amide bonds. The number of rotatable bonds is 1. The summed E-state index contributed by atoms with van der Waals surface area (Å²) in [5.74, 6) is 1.14. The normalized spacial score (nSPS) is 14.0. The molecule has 3 aliphatic heterocycles. The number of pyridine rings is 1. The predicted octanol–water partition coefficient (Wildman–Crippen LogP) is 2.38. The van der Waals surface area contributed by atoms with Crippen molar-refractivity contribution in [3.8, 4) is 22.5 Å². The zero-order valence-corrected chi connectivity index (χ0v) is 13.6. The Morgan fingerprint density at radius 3 is 2.96 bits per heavy atom. The molecule has 24 heavy (non-hydrogen) atoms. The van der Waals surface area contributed by atoms with Crippen LogP contribution in [0.25, 0.3) is 22.5 Å². The third-order valence-electron chi connectivity index (χ3n) is 4.07. The predicted molar refractivity (Wildman–Crippen MR) is 91.4 cm³/mol. The highest BCUT2D eigenvalue weighted by atomic mass is 35.5. The fraction of sp³-hybridized carbons (Fsp3) is 0.188. The lowest BCUT2D eigenvalue weighted by Gasteiger charge is -2.18. The minimum atomic E-state index is -0.528. The van der Waals surface area contributed by atoms with Crippen molar-refractivity contribution in [2.24, 2.45) is 4.99 Å². The van der Waals surface area contributed by atoms with E-state index in [4.69, 9.17) is 17.3 Å². The molecule has 0 unspecified atom stereocenters. The molecular weight excluding hydrogens is 331 g/mol. The lowest BCUT2D eigenvalue weighted by atomic mass is 10.0. The minimum absolute atomic E-state index is 0.0580. The second-order valence-electron chi connectivity index (χ2n) is 5.51. The first-order chi connectivity index (χ1) is 11.6. The Labute approximate surface area is 142 Å². The first kappa shape index (κ1) is 14.9. The highest BCUT2D eigenvalue weighted by Gasteiger charge is 2.23. The van der Waals surface area contributed by atoms with Gasteiger partial charge in [-0.1, -0.05) is 11.6 Å². The van der Waals surface area contributed by atoms with E-state index in [2.05, 4.69) is 24.8 Å². The summed E-state index contributed by atoms with van der Waals surface area (Å²) in [5.41, 5.74) is 8.57. The summed E-state index contributed by atoms with van der Waals surface area (Å²) < 4.78 is 15.7. The molecule has 1 aromatic rings. The Morgan fingerprint density at radius 2 is 2.17 bits per heavy atom. The number of nitrogens with two attached hydrogens (primary N) is 1. The number of hydrogen-bond acceptors (Lipinski definition) is 5.